The first kappa shape index (κ1) is 22.4. The van der Waals surface area contributed by atoms with Crippen LogP contribution in [0.1, 0.15) is 24.2 Å². The molecule has 0 aliphatic carbocycles. The van der Waals surface area contributed by atoms with Crippen LogP contribution in [0, 0.1) is 13.8 Å². The number of aromatic nitrogens is 4. The first-order valence-electron chi connectivity index (χ1n) is 10.7. The van der Waals surface area contributed by atoms with Crippen molar-refractivity contribution in [2.45, 2.75) is 33.4 Å². The Bertz CT molecular complexity index is 1080. The summed E-state index contributed by atoms with van der Waals surface area (Å²) in [7, 11) is 1.88. The van der Waals surface area contributed by atoms with Gasteiger partial charge in [-0.3, -0.25) is 19.3 Å². The number of benzene rings is 1. The Morgan fingerprint density at radius 1 is 1.19 bits per heavy atom. The Balaban J connectivity index is 1.29. The van der Waals surface area contributed by atoms with Gasteiger partial charge in [0, 0.05) is 43.8 Å². The highest BCUT2D eigenvalue weighted by atomic mass is 35.5. The first-order valence-corrected chi connectivity index (χ1v) is 11.1. The second-order valence-electron chi connectivity index (χ2n) is 8.17. The summed E-state index contributed by atoms with van der Waals surface area (Å²) in [4.78, 5) is 21.8. The van der Waals surface area contributed by atoms with E-state index >= 15 is 0 Å². The zero-order valence-corrected chi connectivity index (χ0v) is 19.6. The van der Waals surface area contributed by atoms with Crippen LogP contribution in [0.3, 0.4) is 0 Å². The molecule has 1 unspecified atom stereocenters. The van der Waals surface area contributed by atoms with Gasteiger partial charge in [0.2, 0.25) is 17.6 Å². The summed E-state index contributed by atoms with van der Waals surface area (Å²) in [5, 5.41) is 12.2. The van der Waals surface area contributed by atoms with Gasteiger partial charge in [-0.1, -0.05) is 16.8 Å². The molecule has 1 N–H and O–H groups in total. The fourth-order valence-electron chi connectivity index (χ4n) is 3.88. The van der Waals surface area contributed by atoms with Crippen molar-refractivity contribution < 1.29 is 9.32 Å². The maximum absolute atomic E-state index is 12.8. The highest BCUT2D eigenvalue weighted by Crippen LogP contribution is 2.21. The van der Waals surface area contributed by atoms with E-state index < -0.39 is 0 Å². The van der Waals surface area contributed by atoms with E-state index in [1.54, 1.807) is 16.8 Å². The molecule has 0 saturated carbocycles. The molecular weight excluding hydrogens is 430 g/mol. The van der Waals surface area contributed by atoms with Crippen molar-refractivity contribution in [2.75, 3.05) is 31.5 Å². The monoisotopic (exact) mass is 457 g/mol. The van der Waals surface area contributed by atoms with Crippen molar-refractivity contribution in [1.82, 2.24) is 29.7 Å². The van der Waals surface area contributed by atoms with E-state index in [9.17, 15) is 4.79 Å². The Hall–Kier alpha value is -2.75. The summed E-state index contributed by atoms with van der Waals surface area (Å²) in [6, 6.07) is 7.13. The maximum Gasteiger partial charge on any atom is 0.241 e. The predicted octanol–water partition coefficient (Wildman–Crippen LogP) is 2.89. The number of hydrogen-bond acceptors (Lipinski definition) is 7. The van der Waals surface area contributed by atoms with Gasteiger partial charge in [0.25, 0.3) is 0 Å². The van der Waals surface area contributed by atoms with Gasteiger partial charge < -0.3 is 9.84 Å². The summed E-state index contributed by atoms with van der Waals surface area (Å²) in [5.74, 6) is 1.13. The lowest BCUT2D eigenvalue weighted by molar-refractivity contribution is -0.121. The van der Waals surface area contributed by atoms with Gasteiger partial charge in [-0.05, 0) is 45.0 Å². The van der Waals surface area contributed by atoms with Crippen LogP contribution in [0.2, 0.25) is 5.02 Å². The third-order valence-electron chi connectivity index (χ3n) is 6.02. The molecule has 1 saturated heterocycles. The molecule has 3 heterocycles. The van der Waals surface area contributed by atoms with E-state index in [1.807, 2.05) is 40.0 Å². The van der Waals surface area contributed by atoms with E-state index in [4.69, 9.17) is 16.1 Å². The van der Waals surface area contributed by atoms with Gasteiger partial charge in [-0.25, -0.2) is 0 Å². The molecule has 1 aliphatic heterocycles. The number of carbonyl (C=O) groups is 1. The van der Waals surface area contributed by atoms with Crippen molar-refractivity contribution in [3.63, 3.8) is 0 Å². The second kappa shape index (κ2) is 9.40. The fraction of sp³-hybridized carbons (Fsp3) is 0.455. The molecule has 1 fully saturated rings. The molecular formula is C22H28ClN7O2. The van der Waals surface area contributed by atoms with Crippen molar-refractivity contribution in [3.8, 4) is 11.4 Å². The van der Waals surface area contributed by atoms with Crippen LogP contribution >= 0.6 is 11.6 Å². The summed E-state index contributed by atoms with van der Waals surface area (Å²) >= 11 is 5.94. The van der Waals surface area contributed by atoms with Gasteiger partial charge in [-0.15, -0.1) is 0 Å². The highest BCUT2D eigenvalue weighted by Gasteiger charge is 2.27. The third-order valence-corrected chi connectivity index (χ3v) is 6.27. The molecule has 3 aromatic rings. The average molecular weight is 458 g/mol. The second-order valence-corrected chi connectivity index (χ2v) is 8.60. The van der Waals surface area contributed by atoms with Crippen LogP contribution in [-0.4, -0.2) is 67.8 Å². The smallest absolute Gasteiger partial charge is 0.241 e. The molecule has 170 valence electrons. The van der Waals surface area contributed by atoms with E-state index in [0.29, 0.717) is 23.3 Å². The van der Waals surface area contributed by atoms with Gasteiger partial charge in [-0.2, -0.15) is 10.1 Å². The average Bonchev–Trinajstić information content (AvgIpc) is 3.34. The molecule has 1 aromatic carbocycles. The van der Waals surface area contributed by atoms with Crippen LogP contribution in [0.4, 0.5) is 5.69 Å². The molecule has 1 amide bonds. The molecule has 0 bridgehead atoms. The molecule has 0 spiro atoms. The van der Waals surface area contributed by atoms with Gasteiger partial charge in [0.05, 0.1) is 29.7 Å². The topological polar surface area (TPSA) is 92.3 Å². The molecule has 2 aromatic heterocycles. The summed E-state index contributed by atoms with van der Waals surface area (Å²) in [6.45, 7) is 9.61. The number of rotatable bonds is 6. The molecule has 9 nitrogen and oxygen atoms in total. The van der Waals surface area contributed by atoms with Gasteiger partial charge in [0.15, 0.2) is 0 Å². The lowest BCUT2D eigenvalue weighted by atomic mass is 10.2. The number of nitrogens with one attached hydrogen (secondary N) is 1. The molecule has 1 atom stereocenters. The highest BCUT2D eigenvalue weighted by molar-refractivity contribution is 6.30. The van der Waals surface area contributed by atoms with Crippen molar-refractivity contribution >= 4 is 23.2 Å². The number of anilines is 1. The lowest BCUT2D eigenvalue weighted by Crippen LogP contribution is -2.52. The largest absolute Gasteiger partial charge is 0.338 e. The Labute approximate surface area is 192 Å². The predicted molar refractivity (Wildman–Crippen MR) is 122 cm³/mol. The Kier molecular flexibility index (Phi) is 6.59. The molecule has 32 heavy (non-hydrogen) atoms. The maximum atomic E-state index is 12.8. The standard InChI is InChI=1S/C22H28ClN7O2/c1-14-20(15(2)28(4)26-14)25-22(31)16(3)30-11-9-29(10-12-30)13-19-24-21(27-32-19)17-5-7-18(23)8-6-17/h5-8,16H,9-13H2,1-4H3,(H,25,31). The van der Waals surface area contributed by atoms with E-state index in [2.05, 4.69) is 30.4 Å². The number of amides is 1. The Morgan fingerprint density at radius 2 is 1.88 bits per heavy atom. The van der Waals surface area contributed by atoms with Gasteiger partial charge in [0.1, 0.15) is 0 Å². The number of aryl methyl sites for hydroxylation is 2. The first-order chi connectivity index (χ1) is 15.3. The quantitative estimate of drug-likeness (QED) is 0.608. The zero-order valence-electron chi connectivity index (χ0n) is 18.8. The Morgan fingerprint density at radius 3 is 2.50 bits per heavy atom. The van der Waals surface area contributed by atoms with E-state index in [-0.39, 0.29) is 11.9 Å². The summed E-state index contributed by atoms with van der Waals surface area (Å²) in [6.07, 6.45) is 0. The van der Waals surface area contributed by atoms with E-state index in [0.717, 1.165) is 48.8 Å². The molecule has 1 aliphatic rings. The lowest BCUT2D eigenvalue weighted by Gasteiger charge is -2.36. The normalized spacial score (nSPS) is 16.3. The van der Waals surface area contributed by atoms with Crippen LogP contribution in [0.5, 0.6) is 0 Å². The summed E-state index contributed by atoms with van der Waals surface area (Å²) < 4.78 is 7.22. The number of nitrogens with zero attached hydrogens (tertiary/aromatic N) is 6. The van der Waals surface area contributed by atoms with Gasteiger partial charge >= 0.3 is 0 Å². The molecule has 4 rings (SSSR count). The molecule has 0 radical (unpaired) electrons. The minimum atomic E-state index is -0.226. The van der Waals surface area contributed by atoms with Crippen LogP contribution in [-0.2, 0) is 18.4 Å². The minimum Gasteiger partial charge on any atom is -0.338 e. The number of carbonyl (C=O) groups excluding carboxylic acids is 1. The van der Waals surface area contributed by atoms with Crippen molar-refractivity contribution in [2.24, 2.45) is 7.05 Å². The zero-order chi connectivity index (χ0) is 22.8. The summed E-state index contributed by atoms with van der Waals surface area (Å²) in [5.41, 5.74) is 3.45. The third kappa shape index (κ3) is 4.85. The van der Waals surface area contributed by atoms with Crippen LogP contribution < -0.4 is 5.32 Å². The molecule has 10 heteroatoms. The van der Waals surface area contributed by atoms with Crippen LogP contribution in [0.15, 0.2) is 28.8 Å². The number of halogens is 1. The fourth-order valence-corrected chi connectivity index (χ4v) is 4.01. The SMILES string of the molecule is Cc1nn(C)c(C)c1NC(=O)C(C)N1CCN(Cc2nc(-c3ccc(Cl)cc3)no2)CC1. The minimum absolute atomic E-state index is 0.0119. The number of piperazine rings is 1. The number of hydrogen-bond donors (Lipinski definition) is 1. The van der Waals surface area contributed by atoms with E-state index in [1.165, 1.54) is 0 Å². The van der Waals surface area contributed by atoms with Crippen molar-refractivity contribution in [1.29, 1.82) is 0 Å². The van der Waals surface area contributed by atoms with Crippen LogP contribution in [0.25, 0.3) is 11.4 Å². The van der Waals surface area contributed by atoms with Crippen molar-refractivity contribution in [3.05, 3.63) is 46.6 Å².